The number of carbonyl (C=O) groups excluding carboxylic acids is 2. The summed E-state index contributed by atoms with van der Waals surface area (Å²) >= 11 is 0. The van der Waals surface area contributed by atoms with Crippen molar-refractivity contribution in [2.24, 2.45) is 0 Å². The molecule has 9 heteroatoms. The fourth-order valence-corrected chi connectivity index (χ4v) is 5.21. The summed E-state index contributed by atoms with van der Waals surface area (Å²) in [6.45, 7) is 3.80. The molecule has 182 valence electrons. The van der Waals surface area contributed by atoms with E-state index in [1.54, 1.807) is 24.3 Å². The van der Waals surface area contributed by atoms with Gasteiger partial charge in [-0.05, 0) is 68.7 Å². The van der Waals surface area contributed by atoms with Crippen LogP contribution < -0.4 is 4.31 Å². The van der Waals surface area contributed by atoms with E-state index in [2.05, 4.69) is 5.10 Å². The average molecular weight is 494 g/mol. The topological polar surface area (TPSA) is 98.6 Å². The molecule has 0 bridgehead atoms. The number of ether oxygens (including phenoxy) is 1. The van der Waals surface area contributed by atoms with Gasteiger partial charge in [-0.1, -0.05) is 18.2 Å². The van der Waals surface area contributed by atoms with Gasteiger partial charge in [-0.25, -0.2) is 17.9 Å². The Kier molecular flexibility index (Phi) is 6.88. The number of benzene rings is 2. The predicted molar refractivity (Wildman–Crippen MR) is 134 cm³/mol. The van der Waals surface area contributed by atoms with Crippen LogP contribution in [-0.4, -0.2) is 49.4 Å². The number of sulfonamides is 1. The van der Waals surface area contributed by atoms with E-state index in [1.165, 1.54) is 16.6 Å². The first-order valence-corrected chi connectivity index (χ1v) is 13.1. The predicted octanol–water partition coefficient (Wildman–Crippen LogP) is 3.64. The lowest BCUT2D eigenvalue weighted by Gasteiger charge is -2.29. The van der Waals surface area contributed by atoms with Crippen molar-refractivity contribution in [3.05, 3.63) is 82.7 Å². The van der Waals surface area contributed by atoms with E-state index in [9.17, 15) is 18.0 Å². The minimum Gasteiger partial charge on any atom is -0.454 e. The minimum absolute atomic E-state index is 0.352. The number of hydrogen-bond acceptors (Lipinski definition) is 6. The zero-order chi connectivity index (χ0) is 25.2. The fraction of sp³-hybridized carbons (Fsp3) is 0.269. The van der Waals surface area contributed by atoms with Gasteiger partial charge >= 0.3 is 5.97 Å². The van der Waals surface area contributed by atoms with Gasteiger partial charge in [-0.2, -0.15) is 5.10 Å². The highest BCUT2D eigenvalue weighted by atomic mass is 32.2. The van der Waals surface area contributed by atoms with Crippen molar-refractivity contribution in [2.45, 2.75) is 26.7 Å². The maximum Gasteiger partial charge on any atom is 0.331 e. The Morgan fingerprint density at radius 1 is 1.11 bits per heavy atom. The number of Topliss-reactive ketones (excluding diaryl/α,β-unsaturated/α-hetero) is 1. The summed E-state index contributed by atoms with van der Waals surface area (Å²) < 4.78 is 32.4. The lowest BCUT2D eigenvalue weighted by molar-refractivity contribution is -0.136. The first-order valence-electron chi connectivity index (χ1n) is 11.3. The van der Waals surface area contributed by atoms with Gasteiger partial charge in [0.1, 0.15) is 0 Å². The molecule has 1 aliphatic rings. The molecule has 0 amide bonds. The van der Waals surface area contributed by atoms with E-state index in [1.807, 2.05) is 48.9 Å². The smallest absolute Gasteiger partial charge is 0.331 e. The number of aryl methyl sites for hydroxylation is 2. The second kappa shape index (κ2) is 9.87. The number of rotatable bonds is 7. The number of ketones is 1. The third kappa shape index (κ3) is 5.35. The SMILES string of the molecule is Cc1nn(-c2ccccc2)c(C)c1/C=C/C(=O)OCC(=O)c1ccc2c(c1)CCCN2S(C)(=O)=O. The highest BCUT2D eigenvalue weighted by molar-refractivity contribution is 7.92. The monoisotopic (exact) mass is 493 g/mol. The van der Waals surface area contributed by atoms with Crippen molar-refractivity contribution in [3.63, 3.8) is 0 Å². The third-order valence-corrected chi connectivity index (χ3v) is 7.14. The quantitative estimate of drug-likeness (QED) is 0.283. The van der Waals surface area contributed by atoms with Gasteiger partial charge in [-0.15, -0.1) is 0 Å². The van der Waals surface area contributed by atoms with Crippen LogP contribution in [0.2, 0.25) is 0 Å². The summed E-state index contributed by atoms with van der Waals surface area (Å²) in [4.78, 5) is 24.9. The normalized spacial score (nSPS) is 13.6. The third-order valence-electron chi connectivity index (χ3n) is 5.96. The Morgan fingerprint density at radius 3 is 2.57 bits per heavy atom. The van der Waals surface area contributed by atoms with Crippen LogP contribution in [0, 0.1) is 13.8 Å². The van der Waals surface area contributed by atoms with E-state index in [-0.39, 0.29) is 5.78 Å². The van der Waals surface area contributed by atoms with Crippen molar-refractivity contribution >= 4 is 33.5 Å². The molecule has 3 aromatic rings. The molecule has 0 unspecified atom stereocenters. The molecule has 0 spiro atoms. The highest BCUT2D eigenvalue weighted by Crippen LogP contribution is 2.30. The number of anilines is 1. The molecule has 2 heterocycles. The standard InChI is InChI=1S/C26H27N3O5S/c1-18-23(19(2)29(27-18)22-9-5-4-6-10-22)12-14-26(31)34-17-25(30)21-11-13-24-20(16-21)8-7-15-28(24)35(3,32)33/h4-6,9-14,16H,7-8,15,17H2,1-3H3/b14-12+. The number of para-hydroxylation sites is 1. The molecule has 35 heavy (non-hydrogen) atoms. The van der Waals surface area contributed by atoms with Crippen LogP contribution in [0.5, 0.6) is 0 Å². The van der Waals surface area contributed by atoms with Crippen LogP contribution in [0.3, 0.4) is 0 Å². The summed E-state index contributed by atoms with van der Waals surface area (Å²) in [6.07, 6.45) is 5.46. The van der Waals surface area contributed by atoms with E-state index in [4.69, 9.17) is 4.74 Å². The summed E-state index contributed by atoms with van der Waals surface area (Å²) in [7, 11) is -3.38. The number of nitrogens with zero attached hydrogens (tertiary/aromatic N) is 3. The van der Waals surface area contributed by atoms with Crippen molar-refractivity contribution in [1.29, 1.82) is 0 Å². The van der Waals surface area contributed by atoms with Crippen LogP contribution in [0.1, 0.15) is 39.3 Å². The average Bonchev–Trinajstić information content (AvgIpc) is 3.13. The molecule has 1 aliphatic heterocycles. The van der Waals surface area contributed by atoms with Gasteiger partial charge in [0.15, 0.2) is 12.4 Å². The molecule has 4 rings (SSSR count). The zero-order valence-corrected chi connectivity index (χ0v) is 20.7. The number of esters is 1. The van der Waals surface area contributed by atoms with Crippen LogP contribution in [-0.2, 0) is 26.0 Å². The summed E-state index contributed by atoms with van der Waals surface area (Å²) in [6, 6.07) is 14.6. The van der Waals surface area contributed by atoms with E-state index in [0.29, 0.717) is 30.6 Å². The van der Waals surface area contributed by atoms with Crippen molar-refractivity contribution in [3.8, 4) is 5.69 Å². The first-order chi connectivity index (χ1) is 16.6. The lowest BCUT2D eigenvalue weighted by Crippen LogP contribution is -2.34. The van der Waals surface area contributed by atoms with Gasteiger partial charge in [0, 0.05) is 29.4 Å². The van der Waals surface area contributed by atoms with Gasteiger partial charge in [0.25, 0.3) is 0 Å². The molecule has 0 fully saturated rings. The number of fused-ring (bicyclic) bond motifs is 1. The van der Waals surface area contributed by atoms with E-state index < -0.39 is 22.6 Å². The molecule has 0 N–H and O–H groups in total. The van der Waals surface area contributed by atoms with Crippen LogP contribution in [0.25, 0.3) is 11.8 Å². The Labute approximate surface area is 204 Å². The van der Waals surface area contributed by atoms with Crippen LogP contribution >= 0.6 is 0 Å². The molecular weight excluding hydrogens is 466 g/mol. The Balaban J connectivity index is 1.41. The Morgan fingerprint density at radius 2 is 1.86 bits per heavy atom. The van der Waals surface area contributed by atoms with Crippen LogP contribution in [0.15, 0.2) is 54.6 Å². The molecular formula is C26H27N3O5S. The first kappa shape index (κ1) is 24.4. The zero-order valence-electron chi connectivity index (χ0n) is 19.9. The maximum atomic E-state index is 12.6. The molecule has 2 aromatic carbocycles. The fourth-order valence-electron chi connectivity index (χ4n) is 4.22. The van der Waals surface area contributed by atoms with E-state index >= 15 is 0 Å². The minimum atomic E-state index is -3.38. The summed E-state index contributed by atoms with van der Waals surface area (Å²) in [5.41, 5.74) is 5.14. The van der Waals surface area contributed by atoms with Crippen LogP contribution in [0.4, 0.5) is 5.69 Å². The number of hydrogen-bond donors (Lipinski definition) is 0. The van der Waals surface area contributed by atoms with Gasteiger partial charge in [0.2, 0.25) is 10.0 Å². The van der Waals surface area contributed by atoms with Gasteiger partial charge in [0.05, 0.1) is 23.3 Å². The molecule has 0 radical (unpaired) electrons. The maximum absolute atomic E-state index is 12.6. The molecule has 0 atom stereocenters. The highest BCUT2D eigenvalue weighted by Gasteiger charge is 2.24. The molecule has 0 aliphatic carbocycles. The van der Waals surface area contributed by atoms with Gasteiger partial charge in [-0.3, -0.25) is 9.10 Å². The number of carbonyl (C=O) groups is 2. The molecule has 1 aromatic heterocycles. The molecule has 0 saturated heterocycles. The van der Waals surface area contributed by atoms with Crippen molar-refractivity contribution in [2.75, 3.05) is 23.7 Å². The van der Waals surface area contributed by atoms with E-state index in [0.717, 1.165) is 28.2 Å². The Hall–Kier alpha value is -3.72. The Bertz CT molecular complexity index is 1410. The van der Waals surface area contributed by atoms with Crippen molar-refractivity contribution in [1.82, 2.24) is 9.78 Å². The lowest BCUT2D eigenvalue weighted by atomic mass is 9.99. The molecule has 8 nitrogen and oxygen atoms in total. The second-order valence-electron chi connectivity index (χ2n) is 8.48. The largest absolute Gasteiger partial charge is 0.454 e. The molecule has 0 saturated carbocycles. The summed E-state index contributed by atoms with van der Waals surface area (Å²) in [5.74, 6) is -0.985. The second-order valence-corrected chi connectivity index (χ2v) is 10.4. The van der Waals surface area contributed by atoms with Gasteiger partial charge < -0.3 is 4.74 Å². The number of aromatic nitrogens is 2. The summed E-state index contributed by atoms with van der Waals surface area (Å²) in [5, 5.41) is 4.55. The van der Waals surface area contributed by atoms with Crippen molar-refractivity contribution < 1.29 is 22.7 Å².